The third-order valence-corrected chi connectivity index (χ3v) is 4.22. The molecule has 0 radical (unpaired) electrons. The summed E-state index contributed by atoms with van der Waals surface area (Å²) in [6.07, 6.45) is 3.75. The quantitative estimate of drug-likeness (QED) is 0.452. The fraction of sp³-hybridized carbons (Fsp3) is 0.900. The molecular weight excluding hydrogens is 337 g/mol. The van der Waals surface area contributed by atoms with Gasteiger partial charge in [0.15, 0.2) is 5.96 Å². The molecule has 0 aliphatic heterocycles. The molecule has 6 heteroatoms. The van der Waals surface area contributed by atoms with Crippen molar-refractivity contribution < 1.29 is 4.21 Å². The number of hydrogen-bond donors (Lipinski definition) is 2. The smallest absolute Gasteiger partial charge is 0.189 e. The van der Waals surface area contributed by atoms with Gasteiger partial charge in [-0.3, -0.25) is 9.20 Å². The van der Waals surface area contributed by atoms with Crippen molar-refractivity contribution in [2.45, 2.75) is 43.9 Å². The highest BCUT2D eigenvalue weighted by atomic mass is 127. The first kappa shape index (κ1) is 16.1. The second kappa shape index (κ2) is 5.66. The molecule has 1 rings (SSSR count). The highest BCUT2D eigenvalue weighted by Crippen LogP contribution is 2.41. The Morgan fingerprint density at radius 3 is 2.31 bits per heavy atom. The van der Waals surface area contributed by atoms with Gasteiger partial charge in [-0.15, -0.1) is 24.0 Å². The minimum atomic E-state index is -0.795. The van der Waals surface area contributed by atoms with Gasteiger partial charge in [0.1, 0.15) is 0 Å². The van der Waals surface area contributed by atoms with Crippen LogP contribution in [-0.2, 0) is 10.8 Å². The lowest BCUT2D eigenvalue weighted by Gasteiger charge is -2.21. The van der Waals surface area contributed by atoms with Crippen LogP contribution >= 0.6 is 24.0 Å². The molecule has 0 bridgehead atoms. The van der Waals surface area contributed by atoms with Gasteiger partial charge < -0.3 is 11.1 Å². The Morgan fingerprint density at radius 1 is 1.50 bits per heavy atom. The average molecular weight is 359 g/mol. The molecule has 1 aliphatic carbocycles. The van der Waals surface area contributed by atoms with Crippen LogP contribution in [0, 0.1) is 0 Å². The number of nitrogens with zero attached hydrogens (tertiary/aromatic N) is 1. The molecule has 4 nitrogen and oxygen atoms in total. The molecule has 0 aromatic carbocycles. The molecule has 1 fully saturated rings. The van der Waals surface area contributed by atoms with Crippen LogP contribution in [0.2, 0.25) is 0 Å². The van der Waals surface area contributed by atoms with Crippen LogP contribution in [0.25, 0.3) is 0 Å². The molecule has 1 saturated carbocycles. The zero-order valence-corrected chi connectivity index (χ0v) is 13.5. The summed E-state index contributed by atoms with van der Waals surface area (Å²) in [6, 6.07) is 0. The molecule has 3 N–H and O–H groups in total. The number of aliphatic imine (C=N–C) groups is 1. The summed E-state index contributed by atoms with van der Waals surface area (Å²) >= 11 is 0. The fourth-order valence-electron chi connectivity index (χ4n) is 1.33. The molecule has 0 aromatic heterocycles. The van der Waals surface area contributed by atoms with Crippen molar-refractivity contribution in [1.29, 1.82) is 0 Å². The van der Waals surface area contributed by atoms with Crippen molar-refractivity contribution in [3.05, 3.63) is 0 Å². The number of guanidine groups is 1. The van der Waals surface area contributed by atoms with Crippen molar-refractivity contribution in [1.82, 2.24) is 5.32 Å². The van der Waals surface area contributed by atoms with E-state index in [0.717, 1.165) is 12.8 Å². The molecule has 1 aliphatic rings. The van der Waals surface area contributed by atoms with E-state index in [4.69, 9.17) is 5.73 Å². The number of nitrogens with two attached hydrogens (primary N) is 1. The Labute approximate surface area is 117 Å². The topological polar surface area (TPSA) is 67.5 Å². The van der Waals surface area contributed by atoms with Crippen LogP contribution in [0.5, 0.6) is 0 Å². The second-order valence-corrected chi connectivity index (χ2v) is 6.99. The minimum Gasteiger partial charge on any atom is -0.370 e. The zero-order chi connectivity index (χ0) is 11.7. The summed E-state index contributed by atoms with van der Waals surface area (Å²) in [5, 5.41) is 3.09. The fourth-order valence-corrected chi connectivity index (χ4v) is 2.25. The van der Waals surface area contributed by atoms with Crippen LogP contribution in [-0.4, -0.2) is 33.3 Å². The molecule has 0 saturated heterocycles. The van der Waals surface area contributed by atoms with Gasteiger partial charge in [-0.25, -0.2) is 0 Å². The van der Waals surface area contributed by atoms with Gasteiger partial charge in [0.05, 0.1) is 11.3 Å². The van der Waals surface area contributed by atoms with E-state index in [1.807, 2.05) is 20.8 Å². The molecule has 0 heterocycles. The van der Waals surface area contributed by atoms with Crippen molar-refractivity contribution in [2.24, 2.45) is 10.7 Å². The van der Waals surface area contributed by atoms with Crippen molar-refractivity contribution in [3.8, 4) is 0 Å². The maximum Gasteiger partial charge on any atom is 0.189 e. The summed E-state index contributed by atoms with van der Waals surface area (Å²) < 4.78 is 11.3. The van der Waals surface area contributed by atoms with E-state index < -0.39 is 10.8 Å². The first-order chi connectivity index (χ1) is 6.75. The standard InChI is InChI=1S/C10H21N3OS.HI/c1-9(2,3)13-8(11)12-7-10(5-6-10)15(4)14;/h5-7H2,1-4H3,(H3,11,12,13);1H. The number of nitrogens with one attached hydrogen (secondary N) is 1. The van der Waals surface area contributed by atoms with E-state index >= 15 is 0 Å². The Morgan fingerprint density at radius 2 is 2.00 bits per heavy atom. The monoisotopic (exact) mass is 359 g/mol. The van der Waals surface area contributed by atoms with Crippen LogP contribution in [0.3, 0.4) is 0 Å². The van der Waals surface area contributed by atoms with Crippen molar-refractivity contribution in [3.63, 3.8) is 0 Å². The van der Waals surface area contributed by atoms with Crippen LogP contribution in [0.1, 0.15) is 33.6 Å². The van der Waals surface area contributed by atoms with Crippen molar-refractivity contribution in [2.75, 3.05) is 12.8 Å². The maximum atomic E-state index is 11.4. The lowest BCUT2D eigenvalue weighted by molar-refractivity contribution is 0.508. The zero-order valence-electron chi connectivity index (χ0n) is 10.4. The number of halogens is 1. The van der Waals surface area contributed by atoms with Gasteiger partial charge in [0, 0.05) is 22.6 Å². The van der Waals surface area contributed by atoms with Gasteiger partial charge in [-0.2, -0.15) is 0 Å². The molecule has 0 spiro atoms. The van der Waals surface area contributed by atoms with Crippen LogP contribution in [0.15, 0.2) is 4.99 Å². The van der Waals surface area contributed by atoms with Gasteiger partial charge in [0.2, 0.25) is 0 Å². The average Bonchev–Trinajstić information content (AvgIpc) is 2.77. The first-order valence-electron chi connectivity index (χ1n) is 5.17. The third kappa shape index (κ3) is 4.99. The van der Waals surface area contributed by atoms with Crippen LogP contribution < -0.4 is 11.1 Å². The van der Waals surface area contributed by atoms with Gasteiger partial charge >= 0.3 is 0 Å². The Kier molecular flexibility index (Phi) is 5.71. The highest BCUT2D eigenvalue weighted by Gasteiger charge is 2.46. The molecule has 1 atom stereocenters. The Hall–Kier alpha value is 0.150. The predicted molar refractivity (Wildman–Crippen MR) is 80.8 cm³/mol. The molecule has 0 aromatic rings. The van der Waals surface area contributed by atoms with Gasteiger partial charge in [-0.1, -0.05) is 0 Å². The summed E-state index contributed by atoms with van der Waals surface area (Å²) in [5.74, 6) is 0.444. The highest BCUT2D eigenvalue weighted by molar-refractivity contribution is 14.0. The minimum absolute atomic E-state index is 0. The number of rotatable bonds is 3. The largest absolute Gasteiger partial charge is 0.370 e. The lowest BCUT2D eigenvalue weighted by atomic mass is 10.1. The van der Waals surface area contributed by atoms with E-state index in [-0.39, 0.29) is 34.3 Å². The SMILES string of the molecule is CS(=O)C1(CN=C(N)NC(C)(C)C)CC1.I. The van der Waals surface area contributed by atoms with Gasteiger partial charge in [-0.05, 0) is 33.6 Å². The predicted octanol–water partition coefficient (Wildman–Crippen LogP) is 1.22. The van der Waals surface area contributed by atoms with E-state index in [1.165, 1.54) is 0 Å². The normalized spacial score (nSPS) is 20.9. The number of hydrogen-bond acceptors (Lipinski definition) is 2. The van der Waals surface area contributed by atoms with E-state index in [0.29, 0.717) is 12.5 Å². The van der Waals surface area contributed by atoms with E-state index in [9.17, 15) is 4.21 Å². The summed E-state index contributed by atoms with van der Waals surface area (Å²) in [4.78, 5) is 4.26. The van der Waals surface area contributed by atoms with Crippen LogP contribution in [0.4, 0.5) is 0 Å². The first-order valence-corrected chi connectivity index (χ1v) is 6.73. The van der Waals surface area contributed by atoms with E-state index in [1.54, 1.807) is 6.26 Å². The second-order valence-electron chi connectivity index (χ2n) is 5.21. The summed E-state index contributed by atoms with van der Waals surface area (Å²) in [5.41, 5.74) is 5.66. The molecule has 1 unspecified atom stereocenters. The Bertz CT molecular complexity index is 295. The molecular formula is C10H22IN3OS. The summed E-state index contributed by atoms with van der Waals surface area (Å²) in [7, 11) is -0.795. The summed E-state index contributed by atoms with van der Waals surface area (Å²) in [6.45, 7) is 6.66. The maximum absolute atomic E-state index is 11.4. The Balaban J connectivity index is 0.00000225. The van der Waals surface area contributed by atoms with Gasteiger partial charge in [0.25, 0.3) is 0 Å². The van der Waals surface area contributed by atoms with E-state index in [2.05, 4.69) is 10.3 Å². The molecule has 0 amide bonds. The molecule has 96 valence electrons. The third-order valence-electron chi connectivity index (χ3n) is 2.46. The lowest BCUT2D eigenvalue weighted by Crippen LogP contribution is -2.45. The molecule has 16 heavy (non-hydrogen) atoms. The van der Waals surface area contributed by atoms with Crippen molar-refractivity contribution >= 4 is 40.7 Å².